The Bertz CT molecular complexity index is 456. The molecule has 19 heavy (non-hydrogen) atoms. The topological polar surface area (TPSA) is 58.4 Å². The molecule has 0 aliphatic carbocycles. The summed E-state index contributed by atoms with van der Waals surface area (Å²) in [7, 11) is 0. The van der Waals surface area contributed by atoms with Gasteiger partial charge in [-0.15, -0.1) is 0 Å². The second kappa shape index (κ2) is 4.96. The smallest absolute Gasteiger partial charge is 0.237 e. The van der Waals surface area contributed by atoms with E-state index in [1.807, 2.05) is 13.8 Å². The highest BCUT2D eigenvalue weighted by Crippen LogP contribution is 2.31. The third-order valence-electron chi connectivity index (χ3n) is 4.57. The summed E-state index contributed by atoms with van der Waals surface area (Å²) in [6, 6.07) is 0.0768. The Morgan fingerprint density at radius 3 is 2.68 bits per heavy atom. The van der Waals surface area contributed by atoms with Crippen molar-refractivity contribution in [2.45, 2.75) is 45.7 Å². The molecule has 4 rings (SSSR count). The molecular formula is C14H21N3O2. The number of fused-ring (bicyclic) bond motifs is 3. The molecule has 3 aliphatic rings. The van der Waals surface area contributed by atoms with Crippen molar-refractivity contribution in [2.75, 3.05) is 13.1 Å². The number of carbonyl (C=O) groups excluding carboxylic acids is 1. The predicted molar refractivity (Wildman–Crippen MR) is 70.5 cm³/mol. The Balaban J connectivity index is 1.60. The molecule has 0 radical (unpaired) electrons. The first-order valence-corrected chi connectivity index (χ1v) is 7.08. The average Bonchev–Trinajstić information content (AvgIpc) is 2.77. The van der Waals surface area contributed by atoms with E-state index in [4.69, 9.17) is 4.52 Å². The van der Waals surface area contributed by atoms with Crippen molar-refractivity contribution < 1.29 is 9.32 Å². The summed E-state index contributed by atoms with van der Waals surface area (Å²) in [6.45, 7) is 6.47. The molecule has 5 nitrogen and oxygen atoms in total. The number of hydrogen-bond donors (Lipinski definition) is 1. The highest BCUT2D eigenvalue weighted by atomic mass is 16.5. The van der Waals surface area contributed by atoms with Crippen LogP contribution in [0.25, 0.3) is 0 Å². The Hall–Kier alpha value is -1.36. The molecule has 1 unspecified atom stereocenters. The summed E-state index contributed by atoms with van der Waals surface area (Å²) < 4.78 is 5.11. The minimum Gasteiger partial charge on any atom is -0.361 e. The van der Waals surface area contributed by atoms with Crippen LogP contribution in [0.3, 0.4) is 0 Å². The van der Waals surface area contributed by atoms with E-state index in [1.165, 1.54) is 12.8 Å². The van der Waals surface area contributed by atoms with Gasteiger partial charge in [0.15, 0.2) is 0 Å². The zero-order valence-corrected chi connectivity index (χ0v) is 11.6. The van der Waals surface area contributed by atoms with Crippen LogP contribution in [0.2, 0.25) is 0 Å². The lowest BCUT2D eigenvalue weighted by molar-refractivity contribution is -0.130. The molecular weight excluding hydrogens is 242 g/mol. The van der Waals surface area contributed by atoms with E-state index in [-0.39, 0.29) is 11.9 Å². The van der Waals surface area contributed by atoms with Crippen molar-refractivity contribution in [3.63, 3.8) is 0 Å². The number of rotatable bonds is 3. The van der Waals surface area contributed by atoms with E-state index in [0.717, 1.165) is 42.4 Å². The molecule has 104 valence electrons. The van der Waals surface area contributed by atoms with Crippen molar-refractivity contribution in [1.82, 2.24) is 15.4 Å². The van der Waals surface area contributed by atoms with Crippen LogP contribution < -0.4 is 5.32 Å². The molecule has 0 aromatic carbocycles. The van der Waals surface area contributed by atoms with Crippen LogP contribution in [0.4, 0.5) is 0 Å². The number of carbonyl (C=O) groups is 1. The zero-order chi connectivity index (χ0) is 13.4. The van der Waals surface area contributed by atoms with Gasteiger partial charge in [0.1, 0.15) is 5.76 Å². The monoisotopic (exact) mass is 263 g/mol. The quantitative estimate of drug-likeness (QED) is 0.895. The first-order chi connectivity index (χ1) is 9.15. The van der Waals surface area contributed by atoms with Crippen molar-refractivity contribution in [1.29, 1.82) is 0 Å². The second-order valence-corrected chi connectivity index (χ2v) is 5.75. The van der Waals surface area contributed by atoms with Crippen molar-refractivity contribution in [2.24, 2.45) is 5.92 Å². The van der Waals surface area contributed by atoms with E-state index in [9.17, 15) is 4.79 Å². The second-order valence-electron chi connectivity index (χ2n) is 5.75. The van der Waals surface area contributed by atoms with E-state index < -0.39 is 0 Å². The van der Waals surface area contributed by atoms with Crippen molar-refractivity contribution in [3.05, 3.63) is 17.0 Å². The number of nitrogens with one attached hydrogen (secondary N) is 1. The molecule has 3 saturated heterocycles. The van der Waals surface area contributed by atoms with Crippen LogP contribution in [0.15, 0.2) is 4.52 Å². The largest absolute Gasteiger partial charge is 0.361 e. The lowest BCUT2D eigenvalue weighted by Gasteiger charge is -2.44. The minimum absolute atomic E-state index is 0.0768. The van der Waals surface area contributed by atoms with Gasteiger partial charge in [-0.05, 0) is 52.1 Å². The zero-order valence-electron chi connectivity index (χ0n) is 11.6. The molecule has 3 fully saturated rings. The van der Waals surface area contributed by atoms with Gasteiger partial charge in [-0.1, -0.05) is 5.16 Å². The molecule has 0 saturated carbocycles. The van der Waals surface area contributed by atoms with Crippen LogP contribution in [0, 0.1) is 19.8 Å². The van der Waals surface area contributed by atoms with E-state index in [1.54, 1.807) is 0 Å². The highest BCUT2D eigenvalue weighted by molar-refractivity contribution is 5.82. The van der Waals surface area contributed by atoms with Gasteiger partial charge in [0.05, 0.1) is 11.7 Å². The molecule has 0 spiro atoms. The Morgan fingerprint density at radius 2 is 2.16 bits per heavy atom. The Kier molecular flexibility index (Phi) is 3.31. The molecule has 2 bridgehead atoms. The fourth-order valence-corrected chi connectivity index (χ4v) is 3.29. The lowest BCUT2D eigenvalue weighted by atomic mass is 9.83. The number of hydrogen-bond acceptors (Lipinski definition) is 4. The third kappa shape index (κ3) is 2.39. The van der Waals surface area contributed by atoms with Gasteiger partial charge in [0, 0.05) is 12.1 Å². The van der Waals surface area contributed by atoms with Gasteiger partial charge in [-0.2, -0.15) is 0 Å². The lowest BCUT2D eigenvalue weighted by Crippen LogP contribution is -2.55. The number of aryl methyl sites for hydroxylation is 2. The third-order valence-corrected chi connectivity index (χ3v) is 4.57. The van der Waals surface area contributed by atoms with E-state index in [2.05, 4.69) is 15.4 Å². The Labute approximate surface area is 113 Å². The van der Waals surface area contributed by atoms with Crippen LogP contribution in [0.1, 0.15) is 36.3 Å². The van der Waals surface area contributed by atoms with Crippen LogP contribution in [0.5, 0.6) is 0 Å². The molecule has 5 heteroatoms. The number of nitrogens with zero attached hydrogens (tertiary/aromatic N) is 2. The average molecular weight is 263 g/mol. The fraction of sp³-hybridized carbons (Fsp3) is 0.714. The Morgan fingerprint density at radius 1 is 1.42 bits per heavy atom. The van der Waals surface area contributed by atoms with E-state index in [0.29, 0.717) is 6.54 Å². The summed E-state index contributed by atoms with van der Waals surface area (Å²) >= 11 is 0. The summed E-state index contributed by atoms with van der Waals surface area (Å²) in [4.78, 5) is 14.6. The molecule has 4 heterocycles. The molecule has 1 atom stereocenters. The fourth-order valence-electron chi connectivity index (χ4n) is 3.29. The van der Waals surface area contributed by atoms with Gasteiger partial charge < -0.3 is 9.84 Å². The van der Waals surface area contributed by atoms with E-state index >= 15 is 0 Å². The van der Waals surface area contributed by atoms with Crippen LogP contribution >= 0.6 is 0 Å². The SMILES string of the molecule is Cc1noc(C)c1CNC(=O)C1CC2CCN1CC2. The van der Waals surface area contributed by atoms with Crippen molar-refractivity contribution in [3.8, 4) is 0 Å². The molecule has 1 aromatic rings. The first kappa shape index (κ1) is 12.7. The van der Waals surface area contributed by atoms with Crippen LogP contribution in [-0.4, -0.2) is 35.1 Å². The predicted octanol–water partition coefficient (Wildman–Crippen LogP) is 1.39. The first-order valence-electron chi connectivity index (χ1n) is 7.08. The summed E-state index contributed by atoms with van der Waals surface area (Å²) in [5, 5.41) is 6.95. The van der Waals surface area contributed by atoms with Crippen LogP contribution in [-0.2, 0) is 11.3 Å². The number of amides is 1. The molecule has 1 amide bonds. The number of aromatic nitrogens is 1. The standard InChI is InChI=1S/C14H21N3O2/c1-9-12(10(2)19-16-9)8-15-14(18)13-7-11-3-5-17(13)6-4-11/h11,13H,3-8H2,1-2H3,(H,15,18). The van der Waals surface area contributed by atoms with Gasteiger partial charge in [-0.3, -0.25) is 9.69 Å². The summed E-state index contributed by atoms with van der Waals surface area (Å²) in [6.07, 6.45) is 3.54. The van der Waals surface area contributed by atoms with Gasteiger partial charge in [-0.25, -0.2) is 0 Å². The molecule has 1 N–H and O–H groups in total. The molecule has 3 aliphatic heterocycles. The van der Waals surface area contributed by atoms with Gasteiger partial charge >= 0.3 is 0 Å². The van der Waals surface area contributed by atoms with Gasteiger partial charge in [0.25, 0.3) is 0 Å². The van der Waals surface area contributed by atoms with Gasteiger partial charge in [0.2, 0.25) is 5.91 Å². The normalized spacial score (nSPS) is 29.5. The number of piperidine rings is 3. The summed E-state index contributed by atoms with van der Waals surface area (Å²) in [5.41, 5.74) is 1.87. The maximum atomic E-state index is 12.3. The van der Waals surface area contributed by atoms with Crippen molar-refractivity contribution >= 4 is 5.91 Å². The highest BCUT2D eigenvalue weighted by Gasteiger charge is 2.37. The summed E-state index contributed by atoms with van der Waals surface area (Å²) in [5.74, 6) is 1.70. The molecule has 1 aromatic heterocycles. The maximum absolute atomic E-state index is 12.3. The maximum Gasteiger partial charge on any atom is 0.237 e. The minimum atomic E-state index is 0.0768.